The third-order valence-corrected chi connectivity index (χ3v) is 8.48. The second-order valence-electron chi connectivity index (χ2n) is 10.4. The van der Waals surface area contributed by atoms with Crippen LogP contribution in [-0.4, -0.2) is 17.3 Å². The zero-order valence-corrected chi connectivity index (χ0v) is 18.8. The van der Waals surface area contributed by atoms with E-state index in [0.717, 1.165) is 34.6 Å². The smallest absolute Gasteiger partial charge is 0.159 e. The highest BCUT2D eigenvalue weighted by Crippen LogP contribution is 2.62. The van der Waals surface area contributed by atoms with E-state index in [1.807, 2.05) is 0 Å². The van der Waals surface area contributed by atoms with E-state index >= 15 is 0 Å². The molecule has 4 bridgehead atoms. The maximum absolute atomic E-state index is 5.67. The van der Waals surface area contributed by atoms with Crippen LogP contribution in [0, 0.1) is 23.7 Å². The van der Waals surface area contributed by atoms with Crippen molar-refractivity contribution in [2.24, 2.45) is 33.7 Å². The lowest BCUT2D eigenvalue weighted by Gasteiger charge is -2.63. The van der Waals surface area contributed by atoms with Crippen LogP contribution in [0.15, 0.2) is 101 Å². The third-order valence-electron chi connectivity index (χ3n) is 8.48. The first-order chi connectivity index (χ1) is 16.3. The minimum absolute atomic E-state index is 0.257. The minimum Gasteiger partial charge on any atom is -0.300 e. The molecule has 164 valence electrons. The van der Waals surface area contributed by atoms with Crippen LogP contribution >= 0.6 is 0 Å². The van der Waals surface area contributed by atoms with Crippen LogP contribution in [0.25, 0.3) is 0 Å². The number of nitrogens with zero attached hydrogens (tertiary/aromatic N) is 3. The Morgan fingerprint density at radius 1 is 0.606 bits per heavy atom. The van der Waals surface area contributed by atoms with Gasteiger partial charge in [-0.05, 0) is 56.1 Å². The third kappa shape index (κ3) is 2.95. The first-order valence-electron chi connectivity index (χ1n) is 12.5. The number of rotatable bonds is 3. The topological polar surface area (TPSA) is 28.0 Å². The Hall–Kier alpha value is -3.20. The highest BCUT2D eigenvalue weighted by atomic mass is 15.4. The molecular weight excluding hydrogens is 402 g/mol. The van der Waals surface area contributed by atoms with E-state index in [0.29, 0.717) is 11.8 Å². The fourth-order valence-electron chi connectivity index (χ4n) is 7.39. The van der Waals surface area contributed by atoms with Crippen molar-refractivity contribution in [3.05, 3.63) is 102 Å². The van der Waals surface area contributed by atoms with Gasteiger partial charge in [-0.3, -0.25) is 4.90 Å². The van der Waals surface area contributed by atoms with Crippen molar-refractivity contribution in [1.29, 1.82) is 0 Å². The molecule has 0 aromatic heterocycles. The second-order valence-corrected chi connectivity index (χ2v) is 10.4. The molecule has 1 aliphatic heterocycles. The molecule has 5 aliphatic rings. The highest BCUT2D eigenvalue weighted by Gasteiger charge is 2.62. The molecule has 4 fully saturated rings. The fourth-order valence-corrected chi connectivity index (χ4v) is 7.39. The van der Waals surface area contributed by atoms with Crippen LogP contribution in [0.3, 0.4) is 0 Å². The van der Waals surface area contributed by atoms with Crippen LogP contribution in [0.1, 0.15) is 43.2 Å². The molecule has 0 amide bonds. The molecule has 1 spiro atoms. The summed E-state index contributed by atoms with van der Waals surface area (Å²) >= 11 is 0. The van der Waals surface area contributed by atoms with Gasteiger partial charge in [0.2, 0.25) is 0 Å². The summed E-state index contributed by atoms with van der Waals surface area (Å²) in [4.78, 5) is 13.5. The summed E-state index contributed by atoms with van der Waals surface area (Å²) in [5.41, 5.74) is 3.24. The van der Waals surface area contributed by atoms with Gasteiger partial charge in [0.05, 0.1) is 0 Å². The fraction of sp³-hybridized carbons (Fsp3) is 0.333. The summed E-state index contributed by atoms with van der Waals surface area (Å²) < 4.78 is 0. The second kappa shape index (κ2) is 7.41. The lowest BCUT2D eigenvalue weighted by atomic mass is 9.51. The predicted octanol–water partition coefficient (Wildman–Crippen LogP) is 6.55. The first-order valence-corrected chi connectivity index (χ1v) is 12.5. The lowest BCUT2D eigenvalue weighted by molar-refractivity contribution is -0.0497. The standard InChI is InChI=1S/C30H29N3/c1-4-10-23(11-5-1)28-31-29(24-12-6-2-7-13-24)33(27-14-8-3-9-15-27)30(32-28)25-17-21-16-22(19-25)20-26(30)18-21/h1-15,21-22,25-26H,16-20H2. The van der Waals surface area contributed by atoms with Crippen molar-refractivity contribution in [1.82, 2.24) is 0 Å². The van der Waals surface area contributed by atoms with E-state index in [-0.39, 0.29) is 5.66 Å². The molecule has 1 heterocycles. The number of aliphatic imine (C=N–C) groups is 2. The Morgan fingerprint density at radius 2 is 1.12 bits per heavy atom. The summed E-state index contributed by atoms with van der Waals surface area (Å²) in [6.07, 6.45) is 6.62. The Labute approximate surface area is 195 Å². The zero-order valence-electron chi connectivity index (χ0n) is 18.8. The molecule has 8 rings (SSSR count). The van der Waals surface area contributed by atoms with Gasteiger partial charge in [0, 0.05) is 28.7 Å². The molecule has 0 radical (unpaired) electrons. The largest absolute Gasteiger partial charge is 0.300 e. The molecule has 3 aromatic rings. The Morgan fingerprint density at radius 3 is 1.70 bits per heavy atom. The van der Waals surface area contributed by atoms with Crippen LogP contribution < -0.4 is 4.90 Å². The normalized spacial score (nSPS) is 32.1. The van der Waals surface area contributed by atoms with E-state index in [4.69, 9.17) is 9.98 Å². The van der Waals surface area contributed by atoms with Crippen LogP contribution in [0.4, 0.5) is 5.69 Å². The van der Waals surface area contributed by atoms with Gasteiger partial charge in [-0.25, -0.2) is 9.98 Å². The number of amidine groups is 2. The number of anilines is 1. The highest BCUT2D eigenvalue weighted by molar-refractivity contribution is 6.20. The Balaban J connectivity index is 1.50. The molecule has 0 saturated heterocycles. The number of hydrogen-bond donors (Lipinski definition) is 0. The van der Waals surface area contributed by atoms with Crippen molar-refractivity contribution >= 4 is 17.4 Å². The van der Waals surface area contributed by atoms with Crippen molar-refractivity contribution in [3.8, 4) is 0 Å². The van der Waals surface area contributed by atoms with Crippen LogP contribution in [0.5, 0.6) is 0 Å². The van der Waals surface area contributed by atoms with Crippen molar-refractivity contribution < 1.29 is 0 Å². The lowest BCUT2D eigenvalue weighted by Crippen LogP contribution is -2.68. The van der Waals surface area contributed by atoms with Gasteiger partial charge in [-0.2, -0.15) is 0 Å². The zero-order chi connectivity index (χ0) is 21.8. The SMILES string of the molecule is c1ccc(C2=NC3(C4CC5CC(C4)CC3C5)N(c3ccccc3)C(c3ccccc3)=N2)cc1. The molecule has 4 aliphatic carbocycles. The average molecular weight is 432 g/mol. The van der Waals surface area contributed by atoms with E-state index in [1.54, 1.807) is 0 Å². The maximum atomic E-state index is 5.67. The molecule has 0 N–H and O–H groups in total. The first kappa shape index (κ1) is 19.3. The molecule has 3 nitrogen and oxygen atoms in total. The molecule has 4 saturated carbocycles. The number of para-hydroxylation sites is 1. The predicted molar refractivity (Wildman–Crippen MR) is 135 cm³/mol. The molecule has 0 atom stereocenters. The van der Waals surface area contributed by atoms with E-state index < -0.39 is 0 Å². The molecule has 3 aromatic carbocycles. The summed E-state index contributed by atoms with van der Waals surface area (Å²) in [6.45, 7) is 0. The number of hydrogen-bond acceptors (Lipinski definition) is 3. The van der Waals surface area contributed by atoms with Gasteiger partial charge in [0.1, 0.15) is 11.5 Å². The van der Waals surface area contributed by atoms with Gasteiger partial charge < -0.3 is 0 Å². The molecule has 0 unspecified atom stereocenters. The van der Waals surface area contributed by atoms with Crippen molar-refractivity contribution in [2.75, 3.05) is 4.90 Å². The van der Waals surface area contributed by atoms with Crippen molar-refractivity contribution in [2.45, 2.75) is 37.8 Å². The maximum Gasteiger partial charge on any atom is 0.159 e. The Bertz CT molecular complexity index is 1190. The van der Waals surface area contributed by atoms with Crippen LogP contribution in [-0.2, 0) is 0 Å². The molecule has 3 heteroatoms. The quantitative estimate of drug-likeness (QED) is 0.462. The summed E-state index contributed by atoms with van der Waals surface area (Å²) in [6, 6.07) is 32.2. The monoisotopic (exact) mass is 431 g/mol. The van der Waals surface area contributed by atoms with Crippen molar-refractivity contribution in [3.63, 3.8) is 0 Å². The average Bonchev–Trinajstić information content (AvgIpc) is 2.88. The van der Waals surface area contributed by atoms with Gasteiger partial charge in [-0.15, -0.1) is 0 Å². The van der Waals surface area contributed by atoms with E-state index in [9.17, 15) is 0 Å². The summed E-state index contributed by atoms with van der Waals surface area (Å²) in [5.74, 6) is 4.84. The van der Waals surface area contributed by atoms with Gasteiger partial charge in [0.15, 0.2) is 5.84 Å². The minimum atomic E-state index is -0.257. The molecule has 33 heavy (non-hydrogen) atoms. The summed E-state index contributed by atoms with van der Waals surface area (Å²) in [7, 11) is 0. The summed E-state index contributed by atoms with van der Waals surface area (Å²) in [5, 5.41) is 0. The van der Waals surface area contributed by atoms with Gasteiger partial charge in [0.25, 0.3) is 0 Å². The Kier molecular flexibility index (Phi) is 4.33. The number of benzene rings is 3. The van der Waals surface area contributed by atoms with Gasteiger partial charge in [-0.1, -0.05) is 78.9 Å². The van der Waals surface area contributed by atoms with E-state index in [1.165, 1.54) is 37.8 Å². The van der Waals surface area contributed by atoms with Crippen LogP contribution in [0.2, 0.25) is 0 Å². The van der Waals surface area contributed by atoms with Gasteiger partial charge >= 0.3 is 0 Å². The van der Waals surface area contributed by atoms with E-state index in [2.05, 4.69) is 95.9 Å². The molecular formula is C30H29N3.